The van der Waals surface area contributed by atoms with Gasteiger partial charge in [-0.15, -0.1) is 0 Å². The van der Waals surface area contributed by atoms with Gasteiger partial charge in [0.25, 0.3) is 0 Å². The maximum absolute atomic E-state index is 13.0. The van der Waals surface area contributed by atoms with Crippen molar-refractivity contribution in [2.75, 3.05) is 19.0 Å². The molecule has 1 aliphatic heterocycles. The van der Waals surface area contributed by atoms with Crippen molar-refractivity contribution in [1.82, 2.24) is 4.90 Å². The largest absolute Gasteiger partial charge is 0.489 e. The van der Waals surface area contributed by atoms with Crippen LogP contribution in [0, 0.1) is 5.82 Å². The van der Waals surface area contributed by atoms with E-state index in [0.717, 1.165) is 25.9 Å². The van der Waals surface area contributed by atoms with Gasteiger partial charge in [0.1, 0.15) is 23.5 Å². The highest BCUT2D eigenvalue weighted by atomic mass is 79.9. The van der Waals surface area contributed by atoms with E-state index in [2.05, 4.69) is 15.9 Å². The molecule has 1 N–H and O–H groups in total. The van der Waals surface area contributed by atoms with Crippen LogP contribution in [0.3, 0.4) is 0 Å². The molecule has 0 amide bonds. The molecule has 1 fully saturated rings. The van der Waals surface area contributed by atoms with Crippen LogP contribution in [-0.4, -0.2) is 38.7 Å². The van der Waals surface area contributed by atoms with Crippen LogP contribution in [0.4, 0.5) is 4.39 Å². The fraction of sp³-hybridized carbons (Fsp3) is 0.500. The van der Waals surface area contributed by atoms with Crippen molar-refractivity contribution in [2.45, 2.75) is 18.9 Å². The molecule has 1 heterocycles. The maximum Gasteiger partial charge on any atom is 0.167 e. The van der Waals surface area contributed by atoms with Crippen LogP contribution in [0.25, 0.3) is 0 Å². The molecule has 0 spiro atoms. The van der Waals surface area contributed by atoms with E-state index in [0.29, 0.717) is 10.2 Å². The van der Waals surface area contributed by atoms with Gasteiger partial charge in [-0.05, 0) is 47.0 Å². The molecule has 1 unspecified atom stereocenters. The van der Waals surface area contributed by atoms with E-state index >= 15 is 0 Å². The number of ether oxygens (including phenoxy) is 1. The lowest BCUT2D eigenvalue weighted by Gasteiger charge is -2.31. The predicted octanol–water partition coefficient (Wildman–Crippen LogP) is 2.61. The first-order chi connectivity index (χ1) is 9.04. The Kier molecular flexibility index (Phi) is 5.32. The molecule has 106 valence electrons. The third kappa shape index (κ3) is 4.52. The van der Waals surface area contributed by atoms with Crippen molar-refractivity contribution in [3.05, 3.63) is 28.5 Å². The van der Waals surface area contributed by atoms with Crippen molar-refractivity contribution in [1.29, 1.82) is 0 Å². The number of piperidine rings is 1. The Labute approximate surface area is 122 Å². The number of rotatable bonds is 4. The van der Waals surface area contributed by atoms with Crippen molar-refractivity contribution in [3.63, 3.8) is 0 Å². The molecular formula is C12H15BrFNO3S. The maximum atomic E-state index is 13.0. The molecule has 4 nitrogen and oxygen atoms in total. The molecule has 19 heavy (non-hydrogen) atoms. The summed E-state index contributed by atoms with van der Waals surface area (Å²) in [5.74, 6) is 0.512. The summed E-state index contributed by atoms with van der Waals surface area (Å²) in [4.78, 5) is 1.94. The summed E-state index contributed by atoms with van der Waals surface area (Å²) in [6.45, 7) is 1.46. The van der Waals surface area contributed by atoms with Crippen molar-refractivity contribution in [2.24, 2.45) is 0 Å². The van der Waals surface area contributed by atoms with Gasteiger partial charge in [0, 0.05) is 13.1 Å². The Morgan fingerprint density at radius 1 is 1.47 bits per heavy atom. The zero-order valence-electron chi connectivity index (χ0n) is 10.2. The highest BCUT2D eigenvalue weighted by molar-refractivity contribution is 9.10. The fourth-order valence-corrected chi connectivity index (χ4v) is 3.08. The highest BCUT2D eigenvalue weighted by Gasteiger charge is 2.22. The summed E-state index contributed by atoms with van der Waals surface area (Å²) in [6.07, 6.45) is 1.65. The summed E-state index contributed by atoms with van der Waals surface area (Å²) in [6, 6.07) is 4.35. The molecular weight excluding hydrogens is 337 g/mol. The van der Waals surface area contributed by atoms with Crippen LogP contribution in [0.1, 0.15) is 12.8 Å². The molecule has 2 rings (SSSR count). The van der Waals surface area contributed by atoms with E-state index in [1.807, 2.05) is 4.90 Å². The molecule has 0 radical (unpaired) electrons. The summed E-state index contributed by atoms with van der Waals surface area (Å²) in [7, 11) is 0. The molecule has 1 aromatic rings. The average molecular weight is 352 g/mol. The fourth-order valence-electron chi connectivity index (χ4n) is 2.06. The molecule has 1 aromatic carbocycles. The van der Waals surface area contributed by atoms with Crippen LogP contribution in [0.5, 0.6) is 5.75 Å². The van der Waals surface area contributed by atoms with E-state index < -0.39 is 11.1 Å². The van der Waals surface area contributed by atoms with Crippen molar-refractivity contribution in [3.8, 4) is 5.75 Å². The van der Waals surface area contributed by atoms with Crippen LogP contribution in [0.15, 0.2) is 22.7 Å². The predicted molar refractivity (Wildman–Crippen MR) is 75.0 cm³/mol. The molecule has 1 aliphatic rings. The summed E-state index contributed by atoms with van der Waals surface area (Å²) < 4.78 is 38.9. The highest BCUT2D eigenvalue weighted by Crippen LogP contribution is 2.28. The third-order valence-corrected chi connectivity index (χ3v) is 4.22. The molecule has 0 aromatic heterocycles. The van der Waals surface area contributed by atoms with Crippen LogP contribution >= 0.6 is 15.9 Å². The second-order valence-corrected chi connectivity index (χ2v) is 6.22. The van der Waals surface area contributed by atoms with Gasteiger partial charge in [0.05, 0.1) is 4.47 Å². The molecule has 7 heteroatoms. The lowest BCUT2D eigenvalue weighted by atomic mass is 10.1. The van der Waals surface area contributed by atoms with E-state index in [1.54, 1.807) is 6.07 Å². The van der Waals surface area contributed by atoms with Crippen molar-refractivity contribution >= 4 is 27.0 Å². The molecule has 1 atom stereocenters. The van der Waals surface area contributed by atoms with Crippen LogP contribution in [0.2, 0.25) is 0 Å². The monoisotopic (exact) mass is 351 g/mol. The van der Waals surface area contributed by atoms with E-state index in [-0.39, 0.29) is 17.8 Å². The standard InChI is InChI=1S/C12H15BrFNO3S/c13-11-7-9(14)1-2-12(11)18-10-3-5-15(6-4-10)8-19(16)17/h1-2,7,10H,3-6,8H2,(H,16,17). The SMILES string of the molecule is O=S(O)CN1CCC(Oc2ccc(F)cc2Br)CC1. The summed E-state index contributed by atoms with van der Waals surface area (Å²) >= 11 is 1.49. The Hall–Kier alpha value is -0.500. The first-order valence-electron chi connectivity index (χ1n) is 5.96. The van der Waals surface area contributed by atoms with Gasteiger partial charge in [-0.3, -0.25) is 4.90 Å². The van der Waals surface area contributed by atoms with Gasteiger partial charge in [-0.1, -0.05) is 0 Å². The minimum absolute atomic E-state index is 0.0603. The zero-order chi connectivity index (χ0) is 13.8. The van der Waals surface area contributed by atoms with E-state index in [1.165, 1.54) is 12.1 Å². The molecule has 0 saturated carbocycles. The number of hydrogen-bond donors (Lipinski definition) is 1. The smallest absolute Gasteiger partial charge is 0.167 e. The number of likely N-dealkylation sites (tertiary alicyclic amines) is 1. The normalized spacial score (nSPS) is 19.3. The number of halogens is 2. The van der Waals surface area contributed by atoms with Gasteiger partial charge in [-0.2, -0.15) is 0 Å². The second kappa shape index (κ2) is 6.78. The topological polar surface area (TPSA) is 49.8 Å². The minimum atomic E-state index is -1.78. The molecule has 0 bridgehead atoms. The Bertz CT molecular complexity index is 466. The Balaban J connectivity index is 1.87. The molecule has 0 aliphatic carbocycles. The van der Waals surface area contributed by atoms with E-state index in [9.17, 15) is 8.60 Å². The Morgan fingerprint density at radius 3 is 2.74 bits per heavy atom. The Morgan fingerprint density at radius 2 is 2.16 bits per heavy atom. The van der Waals surface area contributed by atoms with Gasteiger partial charge in [0.2, 0.25) is 0 Å². The van der Waals surface area contributed by atoms with Gasteiger partial charge < -0.3 is 9.29 Å². The first kappa shape index (κ1) is 14.9. The number of nitrogens with zero attached hydrogens (tertiary/aromatic N) is 1. The lowest BCUT2D eigenvalue weighted by molar-refractivity contribution is 0.109. The summed E-state index contributed by atoms with van der Waals surface area (Å²) in [5.41, 5.74) is 0. The van der Waals surface area contributed by atoms with Gasteiger partial charge in [-0.25, -0.2) is 8.60 Å². The number of benzene rings is 1. The minimum Gasteiger partial charge on any atom is -0.489 e. The van der Waals surface area contributed by atoms with Crippen LogP contribution in [-0.2, 0) is 11.1 Å². The van der Waals surface area contributed by atoms with Gasteiger partial charge >= 0.3 is 0 Å². The molecule has 1 saturated heterocycles. The first-order valence-corrected chi connectivity index (χ1v) is 8.03. The quantitative estimate of drug-likeness (QED) is 0.847. The number of hydrogen-bond acceptors (Lipinski definition) is 3. The van der Waals surface area contributed by atoms with Gasteiger partial charge in [0.15, 0.2) is 11.1 Å². The zero-order valence-corrected chi connectivity index (χ0v) is 12.6. The van der Waals surface area contributed by atoms with Crippen LogP contribution < -0.4 is 4.74 Å². The van der Waals surface area contributed by atoms with Crippen molar-refractivity contribution < 1.29 is 17.9 Å². The lowest BCUT2D eigenvalue weighted by Crippen LogP contribution is -2.39. The van der Waals surface area contributed by atoms with E-state index in [4.69, 9.17) is 9.29 Å². The second-order valence-electron chi connectivity index (χ2n) is 4.46. The average Bonchev–Trinajstić information content (AvgIpc) is 2.34. The summed E-state index contributed by atoms with van der Waals surface area (Å²) in [5, 5.41) is 0. The third-order valence-electron chi connectivity index (χ3n) is 3.02.